The van der Waals surface area contributed by atoms with Gasteiger partial charge in [-0.2, -0.15) is 10.2 Å². The minimum absolute atomic E-state index is 0.165. The summed E-state index contributed by atoms with van der Waals surface area (Å²) >= 11 is 0. The van der Waals surface area contributed by atoms with Gasteiger partial charge in [0.05, 0.1) is 75.9 Å². The Bertz CT molecular complexity index is 1320. The Balaban J connectivity index is 0.00000147. The van der Waals surface area contributed by atoms with Gasteiger partial charge in [0.25, 0.3) is 12.4 Å². The number of ether oxygens (including phenoxy) is 4. The number of anilines is 1. The van der Waals surface area contributed by atoms with Crippen LogP contribution in [0.25, 0.3) is 22.7 Å². The van der Waals surface area contributed by atoms with E-state index in [9.17, 15) is 4.79 Å². The third kappa shape index (κ3) is 9.95. The highest BCUT2D eigenvalue weighted by Crippen LogP contribution is 2.27. The minimum atomic E-state index is -0.400. The molecule has 0 aromatic carbocycles. The zero-order chi connectivity index (χ0) is 29.3. The molecule has 4 aromatic rings. The van der Waals surface area contributed by atoms with Crippen LogP contribution in [0.15, 0.2) is 59.5 Å². The predicted molar refractivity (Wildman–Crippen MR) is 147 cm³/mol. The van der Waals surface area contributed by atoms with Crippen molar-refractivity contribution >= 4 is 18.1 Å². The quantitative estimate of drug-likeness (QED) is 0.150. The standard InChI is InChI=1S/C26H32N6O6.CH2O2/c1-34-13-15-36-11-9-31-18-20(17-28-31)23-6-7-24(38-23)26(33)29-22-19-32(10-12-37-16-14-35-2)30-25(22)21-5-3-4-8-27-21;2-1-3/h3-8,17-19H,9-16H2,1-2H3,(H,29,33);1H,(H,2,3). The molecule has 0 unspecified atom stereocenters. The van der Waals surface area contributed by atoms with Crippen molar-refractivity contribution in [3.05, 3.63) is 60.9 Å². The van der Waals surface area contributed by atoms with E-state index >= 15 is 0 Å². The second kappa shape index (κ2) is 17.3. The fraction of sp³-hybridized carbons (Fsp3) is 0.370. The Kier molecular flexibility index (Phi) is 13.2. The number of hydrogen-bond acceptors (Lipinski definition) is 10. The Morgan fingerprint density at radius 3 is 2.34 bits per heavy atom. The number of carboxylic acid groups (broad SMARTS) is 1. The number of methoxy groups -OCH3 is 2. The molecule has 0 bridgehead atoms. The van der Waals surface area contributed by atoms with E-state index in [0.29, 0.717) is 75.6 Å². The highest BCUT2D eigenvalue weighted by molar-refractivity contribution is 6.04. The van der Waals surface area contributed by atoms with Crippen LogP contribution in [0.2, 0.25) is 0 Å². The molecule has 0 aliphatic carbocycles. The average Bonchev–Trinajstić information content (AvgIpc) is 3.74. The summed E-state index contributed by atoms with van der Waals surface area (Å²) in [5.41, 5.74) is 2.47. The summed E-state index contributed by atoms with van der Waals surface area (Å²) < 4.78 is 30.3. The summed E-state index contributed by atoms with van der Waals surface area (Å²) in [6.45, 7) is 3.92. The first-order valence-electron chi connectivity index (χ1n) is 12.7. The fourth-order valence-electron chi connectivity index (χ4n) is 3.54. The van der Waals surface area contributed by atoms with Crippen molar-refractivity contribution in [2.75, 3.05) is 59.2 Å². The second-order valence-corrected chi connectivity index (χ2v) is 8.30. The first-order valence-corrected chi connectivity index (χ1v) is 12.7. The zero-order valence-corrected chi connectivity index (χ0v) is 23.0. The first kappa shape index (κ1) is 31.2. The number of furan rings is 1. The molecule has 0 spiro atoms. The number of nitrogens with zero attached hydrogens (tertiary/aromatic N) is 5. The fourth-order valence-corrected chi connectivity index (χ4v) is 3.54. The van der Waals surface area contributed by atoms with E-state index in [1.807, 2.05) is 24.4 Å². The molecule has 14 heteroatoms. The summed E-state index contributed by atoms with van der Waals surface area (Å²) in [5.74, 6) is 0.303. The largest absolute Gasteiger partial charge is 0.483 e. The van der Waals surface area contributed by atoms with E-state index in [1.165, 1.54) is 0 Å². The molecule has 41 heavy (non-hydrogen) atoms. The van der Waals surface area contributed by atoms with Crippen molar-refractivity contribution in [3.63, 3.8) is 0 Å². The number of aromatic nitrogens is 5. The molecule has 220 valence electrons. The third-order valence-electron chi connectivity index (χ3n) is 5.46. The van der Waals surface area contributed by atoms with Crippen LogP contribution < -0.4 is 5.32 Å². The van der Waals surface area contributed by atoms with Crippen molar-refractivity contribution in [1.29, 1.82) is 0 Å². The lowest BCUT2D eigenvalue weighted by atomic mass is 10.2. The van der Waals surface area contributed by atoms with Gasteiger partial charge in [0, 0.05) is 32.8 Å². The number of pyridine rings is 1. The van der Waals surface area contributed by atoms with Gasteiger partial charge in [0.1, 0.15) is 11.5 Å². The van der Waals surface area contributed by atoms with E-state index in [4.69, 9.17) is 33.3 Å². The van der Waals surface area contributed by atoms with Crippen molar-refractivity contribution in [2.24, 2.45) is 0 Å². The molecule has 0 saturated carbocycles. The summed E-state index contributed by atoms with van der Waals surface area (Å²) in [5, 5.41) is 18.7. The summed E-state index contributed by atoms with van der Waals surface area (Å²) in [7, 11) is 3.26. The van der Waals surface area contributed by atoms with Crippen LogP contribution in [0.3, 0.4) is 0 Å². The third-order valence-corrected chi connectivity index (χ3v) is 5.46. The van der Waals surface area contributed by atoms with Gasteiger partial charge in [0.15, 0.2) is 5.76 Å². The van der Waals surface area contributed by atoms with Gasteiger partial charge in [-0.25, -0.2) is 0 Å². The number of nitrogens with one attached hydrogen (secondary N) is 1. The maximum Gasteiger partial charge on any atom is 0.291 e. The Hall–Kier alpha value is -4.37. The Labute approximate surface area is 236 Å². The van der Waals surface area contributed by atoms with E-state index in [1.54, 1.807) is 54.3 Å². The van der Waals surface area contributed by atoms with Crippen LogP contribution in [0.4, 0.5) is 5.69 Å². The minimum Gasteiger partial charge on any atom is -0.483 e. The number of carbonyl (C=O) groups excluding carboxylic acids is 1. The maximum atomic E-state index is 13.1. The first-order chi connectivity index (χ1) is 20.1. The van der Waals surface area contributed by atoms with Crippen molar-refractivity contribution in [2.45, 2.75) is 13.1 Å². The van der Waals surface area contributed by atoms with Gasteiger partial charge in [0.2, 0.25) is 0 Å². The summed E-state index contributed by atoms with van der Waals surface area (Å²) in [6, 6.07) is 8.90. The van der Waals surface area contributed by atoms with Gasteiger partial charge < -0.3 is 33.8 Å². The molecule has 4 heterocycles. The number of carbonyl (C=O) groups is 2. The van der Waals surface area contributed by atoms with E-state index in [-0.39, 0.29) is 12.2 Å². The van der Waals surface area contributed by atoms with Crippen molar-refractivity contribution < 1.29 is 38.1 Å². The summed E-state index contributed by atoms with van der Waals surface area (Å²) in [6.07, 6.45) is 6.97. The summed E-state index contributed by atoms with van der Waals surface area (Å²) in [4.78, 5) is 25.8. The molecular formula is C27H34N6O8. The highest BCUT2D eigenvalue weighted by Gasteiger charge is 2.19. The molecule has 2 N–H and O–H groups in total. The molecule has 0 radical (unpaired) electrons. The predicted octanol–water partition coefficient (Wildman–Crippen LogP) is 2.68. The SMILES string of the molecule is COCCOCCn1cc(-c2ccc(C(=O)Nc3cn(CCOCCOC)nc3-c3ccccn3)o2)cn1.O=CO. The van der Waals surface area contributed by atoms with Crippen molar-refractivity contribution in [1.82, 2.24) is 24.5 Å². The molecule has 0 aliphatic rings. The van der Waals surface area contributed by atoms with E-state index < -0.39 is 5.91 Å². The van der Waals surface area contributed by atoms with Gasteiger partial charge in [-0.3, -0.25) is 23.9 Å². The van der Waals surface area contributed by atoms with Gasteiger partial charge in [-0.15, -0.1) is 0 Å². The highest BCUT2D eigenvalue weighted by atomic mass is 16.5. The van der Waals surface area contributed by atoms with E-state index in [0.717, 1.165) is 5.56 Å². The van der Waals surface area contributed by atoms with Gasteiger partial charge in [-0.05, 0) is 24.3 Å². The normalized spacial score (nSPS) is 10.7. The molecule has 0 aliphatic heterocycles. The molecule has 0 fully saturated rings. The topological polar surface area (TPSA) is 165 Å². The smallest absolute Gasteiger partial charge is 0.291 e. The van der Waals surface area contributed by atoms with Crippen LogP contribution in [0.1, 0.15) is 10.6 Å². The number of hydrogen-bond donors (Lipinski definition) is 2. The maximum absolute atomic E-state index is 13.1. The molecule has 14 nitrogen and oxygen atoms in total. The average molecular weight is 571 g/mol. The monoisotopic (exact) mass is 570 g/mol. The van der Waals surface area contributed by atoms with Crippen LogP contribution in [0, 0.1) is 0 Å². The van der Waals surface area contributed by atoms with E-state index in [2.05, 4.69) is 20.5 Å². The van der Waals surface area contributed by atoms with Crippen LogP contribution >= 0.6 is 0 Å². The lowest BCUT2D eigenvalue weighted by molar-refractivity contribution is -0.122. The Morgan fingerprint density at radius 2 is 1.68 bits per heavy atom. The second-order valence-electron chi connectivity index (χ2n) is 8.30. The molecule has 4 rings (SSSR count). The Morgan fingerprint density at radius 1 is 0.976 bits per heavy atom. The number of amides is 1. The van der Waals surface area contributed by atoms with Gasteiger partial charge in [-0.1, -0.05) is 6.07 Å². The zero-order valence-electron chi connectivity index (χ0n) is 23.0. The molecule has 0 saturated heterocycles. The lowest BCUT2D eigenvalue weighted by Crippen LogP contribution is -2.11. The lowest BCUT2D eigenvalue weighted by Gasteiger charge is -2.03. The molecule has 1 amide bonds. The van der Waals surface area contributed by atoms with Gasteiger partial charge >= 0.3 is 0 Å². The van der Waals surface area contributed by atoms with Crippen LogP contribution in [-0.4, -0.2) is 95.9 Å². The number of rotatable bonds is 16. The molecule has 0 atom stereocenters. The molecule has 4 aromatic heterocycles. The van der Waals surface area contributed by atoms with Crippen LogP contribution in [-0.2, 0) is 36.8 Å². The van der Waals surface area contributed by atoms with Crippen molar-refractivity contribution in [3.8, 4) is 22.7 Å². The molecular weight excluding hydrogens is 536 g/mol. The van der Waals surface area contributed by atoms with Crippen LogP contribution in [0.5, 0.6) is 0 Å².